The molecule has 6 nitrogen and oxygen atoms in total. The molecule has 1 aromatic heterocycles. The Balaban J connectivity index is 1.20. The molecule has 182 valence electrons. The SMILES string of the molecule is CCc1ccc(-c2cc(C(=O)N3CCN(Cc4ccc5c(c4)OCO5)CC3)c3ccccc3n2)cc1. The molecular weight excluding hydrogens is 450 g/mol. The zero-order chi connectivity index (χ0) is 24.5. The van der Waals surface area contributed by atoms with Gasteiger partial charge < -0.3 is 14.4 Å². The zero-order valence-corrected chi connectivity index (χ0v) is 20.4. The number of aryl methyl sites for hydroxylation is 1. The molecule has 0 radical (unpaired) electrons. The molecule has 36 heavy (non-hydrogen) atoms. The van der Waals surface area contributed by atoms with E-state index in [1.54, 1.807) is 0 Å². The first-order valence-corrected chi connectivity index (χ1v) is 12.6. The van der Waals surface area contributed by atoms with Gasteiger partial charge >= 0.3 is 0 Å². The van der Waals surface area contributed by atoms with Crippen LogP contribution in [0.1, 0.15) is 28.4 Å². The Morgan fingerprint density at radius 3 is 2.42 bits per heavy atom. The van der Waals surface area contributed by atoms with E-state index >= 15 is 0 Å². The molecule has 3 aromatic carbocycles. The summed E-state index contributed by atoms with van der Waals surface area (Å²) in [5.41, 5.74) is 5.91. The highest BCUT2D eigenvalue weighted by atomic mass is 16.7. The first kappa shape index (κ1) is 22.6. The van der Waals surface area contributed by atoms with Crippen molar-refractivity contribution in [1.82, 2.24) is 14.8 Å². The molecule has 0 bridgehead atoms. The predicted molar refractivity (Wildman–Crippen MR) is 140 cm³/mol. The van der Waals surface area contributed by atoms with Gasteiger partial charge in [0, 0.05) is 43.7 Å². The normalized spacial score (nSPS) is 15.4. The number of amides is 1. The molecule has 0 aliphatic carbocycles. The average Bonchev–Trinajstić information content (AvgIpc) is 3.40. The van der Waals surface area contributed by atoms with Crippen molar-refractivity contribution >= 4 is 16.8 Å². The minimum Gasteiger partial charge on any atom is -0.454 e. The number of carbonyl (C=O) groups is 1. The molecule has 0 N–H and O–H groups in total. The van der Waals surface area contributed by atoms with E-state index in [4.69, 9.17) is 14.5 Å². The Bertz CT molecular complexity index is 1410. The standard InChI is InChI=1S/C30H29N3O3/c1-2-21-7-10-23(11-8-21)27-18-25(24-5-3-4-6-26(24)31-27)30(34)33-15-13-32(14-16-33)19-22-9-12-28-29(17-22)36-20-35-28/h3-12,17-18H,2,13-16,19-20H2,1H3. The third-order valence-electron chi connectivity index (χ3n) is 7.11. The van der Waals surface area contributed by atoms with Gasteiger partial charge in [0.2, 0.25) is 6.79 Å². The van der Waals surface area contributed by atoms with Crippen LogP contribution >= 0.6 is 0 Å². The van der Waals surface area contributed by atoms with E-state index in [9.17, 15) is 4.79 Å². The second-order valence-corrected chi connectivity index (χ2v) is 9.38. The van der Waals surface area contributed by atoms with Crippen LogP contribution in [0.15, 0.2) is 72.8 Å². The fraction of sp³-hybridized carbons (Fsp3) is 0.267. The fourth-order valence-corrected chi connectivity index (χ4v) is 4.99. The van der Waals surface area contributed by atoms with Gasteiger partial charge in [0.15, 0.2) is 11.5 Å². The van der Waals surface area contributed by atoms with Crippen molar-refractivity contribution in [2.45, 2.75) is 19.9 Å². The second-order valence-electron chi connectivity index (χ2n) is 9.38. The number of hydrogen-bond acceptors (Lipinski definition) is 5. The lowest BCUT2D eigenvalue weighted by Gasteiger charge is -2.35. The number of para-hydroxylation sites is 1. The topological polar surface area (TPSA) is 54.9 Å². The van der Waals surface area contributed by atoms with Crippen LogP contribution in [-0.4, -0.2) is 53.7 Å². The molecule has 1 amide bonds. The van der Waals surface area contributed by atoms with Crippen molar-refractivity contribution in [1.29, 1.82) is 0 Å². The maximum atomic E-state index is 13.7. The van der Waals surface area contributed by atoms with Crippen LogP contribution in [0.25, 0.3) is 22.2 Å². The molecule has 1 saturated heterocycles. The average molecular weight is 480 g/mol. The number of hydrogen-bond donors (Lipinski definition) is 0. The first-order chi connectivity index (χ1) is 17.7. The minimum atomic E-state index is 0.0720. The van der Waals surface area contributed by atoms with E-state index in [-0.39, 0.29) is 12.7 Å². The predicted octanol–water partition coefficient (Wildman–Crippen LogP) is 5.15. The number of aromatic nitrogens is 1. The number of nitrogens with zero attached hydrogens (tertiary/aromatic N) is 3. The van der Waals surface area contributed by atoms with Crippen LogP contribution in [0.4, 0.5) is 0 Å². The van der Waals surface area contributed by atoms with E-state index < -0.39 is 0 Å². The number of carbonyl (C=O) groups excluding carboxylic acids is 1. The third kappa shape index (κ3) is 4.40. The van der Waals surface area contributed by atoms with E-state index in [0.717, 1.165) is 65.3 Å². The van der Waals surface area contributed by atoms with Crippen LogP contribution in [0.3, 0.4) is 0 Å². The highest BCUT2D eigenvalue weighted by Crippen LogP contribution is 2.33. The van der Waals surface area contributed by atoms with Crippen molar-refractivity contribution < 1.29 is 14.3 Å². The van der Waals surface area contributed by atoms with Gasteiger partial charge in [-0.15, -0.1) is 0 Å². The summed E-state index contributed by atoms with van der Waals surface area (Å²) in [5, 5.41) is 0.902. The molecule has 6 rings (SSSR count). The molecule has 3 heterocycles. The Morgan fingerprint density at radius 1 is 0.861 bits per heavy atom. The lowest BCUT2D eigenvalue weighted by atomic mass is 10.0. The van der Waals surface area contributed by atoms with Crippen molar-refractivity contribution in [3.05, 3.63) is 89.5 Å². The molecular formula is C30H29N3O3. The van der Waals surface area contributed by atoms with Crippen LogP contribution in [0.5, 0.6) is 11.5 Å². The number of fused-ring (bicyclic) bond motifs is 2. The van der Waals surface area contributed by atoms with Crippen LogP contribution in [0, 0.1) is 0 Å². The van der Waals surface area contributed by atoms with Crippen LogP contribution in [0.2, 0.25) is 0 Å². The van der Waals surface area contributed by atoms with Gasteiger partial charge in [-0.05, 0) is 41.8 Å². The Hall–Kier alpha value is -3.90. The molecule has 2 aliphatic heterocycles. The molecule has 6 heteroatoms. The molecule has 0 spiro atoms. The molecule has 1 fully saturated rings. The number of rotatable bonds is 5. The summed E-state index contributed by atoms with van der Waals surface area (Å²) in [7, 11) is 0. The largest absolute Gasteiger partial charge is 0.454 e. The van der Waals surface area contributed by atoms with Crippen molar-refractivity contribution in [2.24, 2.45) is 0 Å². The molecule has 0 atom stereocenters. The Morgan fingerprint density at radius 2 is 1.61 bits per heavy atom. The number of pyridine rings is 1. The highest BCUT2D eigenvalue weighted by molar-refractivity contribution is 6.07. The first-order valence-electron chi connectivity index (χ1n) is 12.6. The lowest BCUT2D eigenvalue weighted by Crippen LogP contribution is -2.48. The summed E-state index contributed by atoms with van der Waals surface area (Å²) >= 11 is 0. The Kier molecular flexibility index (Phi) is 6.03. The highest BCUT2D eigenvalue weighted by Gasteiger charge is 2.25. The van der Waals surface area contributed by atoms with Gasteiger partial charge in [0.05, 0.1) is 16.8 Å². The maximum absolute atomic E-state index is 13.7. The summed E-state index contributed by atoms with van der Waals surface area (Å²) in [6.07, 6.45) is 0.996. The van der Waals surface area contributed by atoms with Crippen LogP contribution < -0.4 is 9.47 Å². The zero-order valence-electron chi connectivity index (χ0n) is 20.4. The molecule has 2 aliphatic rings. The number of piperazine rings is 1. The van der Waals surface area contributed by atoms with Crippen molar-refractivity contribution in [3.8, 4) is 22.8 Å². The van der Waals surface area contributed by atoms with Gasteiger partial charge in [0.1, 0.15) is 0 Å². The number of benzene rings is 3. The smallest absolute Gasteiger partial charge is 0.254 e. The number of ether oxygens (including phenoxy) is 2. The quantitative estimate of drug-likeness (QED) is 0.396. The van der Waals surface area contributed by atoms with Gasteiger partial charge in [-0.3, -0.25) is 9.69 Å². The monoisotopic (exact) mass is 479 g/mol. The maximum Gasteiger partial charge on any atom is 0.254 e. The molecule has 0 saturated carbocycles. The summed E-state index contributed by atoms with van der Waals surface area (Å²) < 4.78 is 10.9. The molecule has 0 unspecified atom stereocenters. The lowest BCUT2D eigenvalue weighted by molar-refractivity contribution is 0.0630. The minimum absolute atomic E-state index is 0.0720. The molecule has 4 aromatic rings. The Labute approximate surface area is 211 Å². The second kappa shape index (κ2) is 9.63. The van der Waals surface area contributed by atoms with E-state index in [1.807, 2.05) is 41.3 Å². The van der Waals surface area contributed by atoms with Crippen LogP contribution in [-0.2, 0) is 13.0 Å². The van der Waals surface area contributed by atoms with Gasteiger partial charge in [-0.2, -0.15) is 0 Å². The fourth-order valence-electron chi connectivity index (χ4n) is 4.99. The summed E-state index contributed by atoms with van der Waals surface area (Å²) in [5.74, 6) is 1.69. The van der Waals surface area contributed by atoms with Gasteiger partial charge in [-0.1, -0.05) is 55.5 Å². The summed E-state index contributed by atoms with van der Waals surface area (Å²) in [6.45, 7) is 6.31. The third-order valence-corrected chi connectivity index (χ3v) is 7.11. The van der Waals surface area contributed by atoms with E-state index in [2.05, 4.69) is 48.2 Å². The van der Waals surface area contributed by atoms with Crippen molar-refractivity contribution in [3.63, 3.8) is 0 Å². The van der Waals surface area contributed by atoms with Crippen molar-refractivity contribution in [2.75, 3.05) is 33.0 Å². The summed E-state index contributed by atoms with van der Waals surface area (Å²) in [4.78, 5) is 23.0. The summed E-state index contributed by atoms with van der Waals surface area (Å²) in [6, 6.07) is 24.5. The van der Waals surface area contributed by atoms with Gasteiger partial charge in [-0.25, -0.2) is 4.98 Å². The van der Waals surface area contributed by atoms with E-state index in [0.29, 0.717) is 13.1 Å². The van der Waals surface area contributed by atoms with Gasteiger partial charge in [0.25, 0.3) is 5.91 Å². The van der Waals surface area contributed by atoms with E-state index in [1.165, 1.54) is 11.1 Å².